The van der Waals surface area contributed by atoms with Gasteiger partial charge in [-0.05, 0) is 40.5 Å². The summed E-state index contributed by atoms with van der Waals surface area (Å²) in [4.78, 5) is 29.3. The van der Waals surface area contributed by atoms with Gasteiger partial charge >= 0.3 is 5.97 Å². The van der Waals surface area contributed by atoms with E-state index in [1.165, 1.54) is 6.07 Å². The molecule has 3 unspecified atom stereocenters. The molecule has 1 saturated heterocycles. The van der Waals surface area contributed by atoms with Crippen LogP contribution in [-0.4, -0.2) is 47.0 Å². The highest BCUT2D eigenvalue weighted by Crippen LogP contribution is 2.45. The van der Waals surface area contributed by atoms with E-state index in [1.54, 1.807) is 33.8 Å². The first kappa shape index (κ1) is 22.9. The van der Waals surface area contributed by atoms with Crippen LogP contribution in [0.3, 0.4) is 0 Å². The third kappa shape index (κ3) is 4.22. The Hall–Kier alpha value is -3.27. The molecule has 5 N–H and O–H groups in total. The summed E-state index contributed by atoms with van der Waals surface area (Å²) in [5.74, 6) is 0.114. The van der Waals surface area contributed by atoms with Crippen LogP contribution in [0, 0.1) is 6.92 Å². The standard InChI is InChI=1S/C23H29N3O7/c1-11-8-13(27)18-15(30-11)10-14-12(19(18)28)9-17(22(2,3)32-14)31-20(29)23(4)16(33-23)6-5-7-26-21(24)25/h8,10,16-17,28H,5-7,9H2,1-4H3,(H4,24,25,26). The third-order valence-electron chi connectivity index (χ3n) is 6.24. The molecule has 0 amide bonds. The smallest absolute Gasteiger partial charge is 0.341 e. The molecule has 0 bridgehead atoms. The summed E-state index contributed by atoms with van der Waals surface area (Å²) in [6, 6.07) is 2.91. The Balaban J connectivity index is 1.52. The molecule has 1 fully saturated rings. The molecule has 33 heavy (non-hydrogen) atoms. The fourth-order valence-corrected chi connectivity index (χ4v) is 4.20. The first-order chi connectivity index (χ1) is 15.4. The Morgan fingerprint density at radius 1 is 1.30 bits per heavy atom. The van der Waals surface area contributed by atoms with Crippen molar-refractivity contribution >= 4 is 22.9 Å². The van der Waals surface area contributed by atoms with E-state index in [9.17, 15) is 14.7 Å². The molecule has 2 aliphatic heterocycles. The van der Waals surface area contributed by atoms with Crippen molar-refractivity contribution in [1.29, 1.82) is 0 Å². The first-order valence-electron chi connectivity index (χ1n) is 10.8. The van der Waals surface area contributed by atoms with Gasteiger partial charge in [-0.25, -0.2) is 4.79 Å². The van der Waals surface area contributed by atoms with Gasteiger partial charge in [-0.3, -0.25) is 9.79 Å². The molecule has 0 aliphatic carbocycles. The summed E-state index contributed by atoms with van der Waals surface area (Å²) in [5.41, 5.74) is 8.97. The summed E-state index contributed by atoms with van der Waals surface area (Å²) in [7, 11) is 0. The van der Waals surface area contributed by atoms with Gasteiger partial charge in [0.15, 0.2) is 17.0 Å². The molecular formula is C23H29N3O7. The zero-order chi connectivity index (χ0) is 24.1. The lowest BCUT2D eigenvalue weighted by atomic mass is 9.89. The lowest BCUT2D eigenvalue weighted by molar-refractivity contribution is -0.166. The number of aliphatic imine (C=N–C) groups is 1. The van der Waals surface area contributed by atoms with Gasteiger partial charge in [0.1, 0.15) is 39.9 Å². The molecule has 0 spiro atoms. The van der Waals surface area contributed by atoms with Crippen LogP contribution >= 0.6 is 0 Å². The molecule has 0 saturated carbocycles. The minimum absolute atomic E-state index is 0.0256. The molecule has 3 atom stereocenters. The van der Waals surface area contributed by atoms with E-state index in [-0.39, 0.29) is 40.6 Å². The van der Waals surface area contributed by atoms with Crippen LogP contribution < -0.4 is 21.6 Å². The van der Waals surface area contributed by atoms with Gasteiger partial charge in [-0.15, -0.1) is 0 Å². The number of ether oxygens (including phenoxy) is 3. The number of aryl methyl sites for hydroxylation is 1. The number of guanidine groups is 1. The molecule has 1 aromatic carbocycles. The highest BCUT2D eigenvalue weighted by Gasteiger charge is 2.60. The predicted molar refractivity (Wildman–Crippen MR) is 120 cm³/mol. The van der Waals surface area contributed by atoms with Gasteiger partial charge in [0.2, 0.25) is 0 Å². The maximum atomic E-state index is 12.9. The minimum Gasteiger partial charge on any atom is -0.507 e. The van der Waals surface area contributed by atoms with Gasteiger partial charge in [0.05, 0.1) is 6.10 Å². The number of benzene rings is 1. The second kappa shape index (κ2) is 7.95. The number of epoxide rings is 1. The van der Waals surface area contributed by atoms with E-state index in [0.29, 0.717) is 36.5 Å². The number of carbonyl (C=O) groups is 1. The monoisotopic (exact) mass is 459 g/mol. The topological polar surface area (TPSA) is 163 Å². The molecule has 1 aromatic heterocycles. The van der Waals surface area contributed by atoms with Crippen LogP contribution in [-0.2, 0) is 20.7 Å². The molecule has 10 nitrogen and oxygen atoms in total. The Kier molecular flexibility index (Phi) is 5.52. The zero-order valence-corrected chi connectivity index (χ0v) is 19.1. The average molecular weight is 459 g/mol. The predicted octanol–water partition coefficient (Wildman–Crippen LogP) is 1.64. The van der Waals surface area contributed by atoms with Gasteiger partial charge in [-0.1, -0.05) is 0 Å². The molecule has 2 aromatic rings. The van der Waals surface area contributed by atoms with Gasteiger partial charge in [0, 0.05) is 30.7 Å². The number of fused-ring (bicyclic) bond motifs is 2. The summed E-state index contributed by atoms with van der Waals surface area (Å²) in [6.45, 7) is 7.39. The summed E-state index contributed by atoms with van der Waals surface area (Å²) < 4.78 is 23.1. The third-order valence-corrected chi connectivity index (χ3v) is 6.24. The van der Waals surface area contributed by atoms with Crippen molar-refractivity contribution in [3.05, 3.63) is 33.7 Å². The van der Waals surface area contributed by atoms with Crippen molar-refractivity contribution < 1.29 is 28.5 Å². The van der Waals surface area contributed by atoms with Gasteiger partial charge in [-0.2, -0.15) is 0 Å². The van der Waals surface area contributed by atoms with Crippen LogP contribution in [0.5, 0.6) is 11.5 Å². The lowest BCUT2D eigenvalue weighted by Crippen LogP contribution is -2.50. The van der Waals surface area contributed by atoms with Crippen LogP contribution in [0.4, 0.5) is 0 Å². The number of hydrogen-bond acceptors (Lipinski definition) is 8. The molecule has 0 radical (unpaired) electrons. The van der Waals surface area contributed by atoms with E-state index < -0.39 is 23.3 Å². The highest BCUT2D eigenvalue weighted by atomic mass is 16.7. The van der Waals surface area contributed by atoms with E-state index >= 15 is 0 Å². The summed E-state index contributed by atoms with van der Waals surface area (Å²) >= 11 is 0. The normalized spacial score (nSPS) is 25.1. The maximum absolute atomic E-state index is 12.9. The number of rotatable bonds is 6. The maximum Gasteiger partial charge on any atom is 0.341 e. The Labute approximate surface area is 190 Å². The van der Waals surface area contributed by atoms with E-state index in [4.69, 9.17) is 30.1 Å². The van der Waals surface area contributed by atoms with Crippen LogP contribution in [0.25, 0.3) is 11.0 Å². The van der Waals surface area contributed by atoms with E-state index in [0.717, 1.165) is 0 Å². The SMILES string of the molecule is Cc1cc(=O)c2c(O)c3c(cc2o1)OC(C)(C)C(OC(=O)C1(C)OC1CCCN=C(N)N)C3. The molecular weight excluding hydrogens is 430 g/mol. The molecule has 3 heterocycles. The van der Waals surface area contributed by atoms with E-state index in [2.05, 4.69) is 4.99 Å². The van der Waals surface area contributed by atoms with Gasteiger partial charge in [0.25, 0.3) is 0 Å². The lowest BCUT2D eigenvalue weighted by Gasteiger charge is -2.39. The Morgan fingerprint density at radius 3 is 2.73 bits per heavy atom. The fourth-order valence-electron chi connectivity index (χ4n) is 4.20. The van der Waals surface area contributed by atoms with Crippen molar-refractivity contribution in [2.24, 2.45) is 16.5 Å². The van der Waals surface area contributed by atoms with Crippen molar-refractivity contribution in [1.82, 2.24) is 0 Å². The average Bonchev–Trinajstić information content (AvgIpc) is 3.36. The molecule has 178 valence electrons. The van der Waals surface area contributed by atoms with E-state index in [1.807, 2.05) is 0 Å². The molecule has 2 aliphatic rings. The second-order valence-electron chi connectivity index (χ2n) is 9.26. The van der Waals surface area contributed by atoms with Crippen molar-refractivity contribution in [2.45, 2.75) is 70.4 Å². The summed E-state index contributed by atoms with van der Waals surface area (Å²) in [5, 5.41) is 10.9. The number of esters is 1. The minimum atomic E-state index is -1.06. The van der Waals surface area contributed by atoms with Crippen LogP contribution in [0.2, 0.25) is 0 Å². The summed E-state index contributed by atoms with van der Waals surface area (Å²) in [6.07, 6.45) is 0.456. The number of aromatic hydroxyl groups is 1. The number of nitrogens with zero attached hydrogens (tertiary/aromatic N) is 1. The number of carbonyl (C=O) groups excluding carboxylic acids is 1. The van der Waals surface area contributed by atoms with Crippen molar-refractivity contribution in [3.63, 3.8) is 0 Å². The number of hydrogen-bond donors (Lipinski definition) is 3. The van der Waals surface area contributed by atoms with Crippen LogP contribution in [0.15, 0.2) is 26.3 Å². The highest BCUT2D eigenvalue weighted by molar-refractivity contribution is 5.87. The number of phenols is 1. The fraction of sp³-hybridized carbons (Fsp3) is 0.522. The Bertz CT molecular complexity index is 1200. The quantitative estimate of drug-likeness (QED) is 0.192. The number of phenolic OH excluding ortho intramolecular Hbond substituents is 1. The second-order valence-corrected chi connectivity index (χ2v) is 9.26. The molecule has 4 rings (SSSR count). The van der Waals surface area contributed by atoms with Crippen LogP contribution in [0.1, 0.15) is 44.9 Å². The number of nitrogens with two attached hydrogens (primary N) is 2. The zero-order valence-electron chi connectivity index (χ0n) is 19.1. The first-order valence-corrected chi connectivity index (χ1v) is 10.8. The molecule has 10 heteroatoms. The van der Waals surface area contributed by atoms with Crippen molar-refractivity contribution in [2.75, 3.05) is 6.54 Å². The largest absolute Gasteiger partial charge is 0.507 e. The Morgan fingerprint density at radius 2 is 2.03 bits per heavy atom. The van der Waals surface area contributed by atoms with Crippen molar-refractivity contribution in [3.8, 4) is 11.5 Å². The van der Waals surface area contributed by atoms with Gasteiger partial charge < -0.3 is 35.2 Å².